The van der Waals surface area contributed by atoms with Gasteiger partial charge in [0.15, 0.2) is 0 Å². The van der Waals surface area contributed by atoms with Crippen LogP contribution >= 0.6 is 0 Å². The predicted octanol–water partition coefficient (Wildman–Crippen LogP) is 0.692. The highest BCUT2D eigenvalue weighted by molar-refractivity contribution is 7.87. The number of rotatable bonds is 2. The Labute approximate surface area is 49.5 Å². The Morgan fingerprint density at radius 2 is 1.88 bits per heavy atom. The van der Waals surface area contributed by atoms with E-state index in [2.05, 4.69) is 0 Å². The second kappa shape index (κ2) is 2.46. The van der Waals surface area contributed by atoms with Crippen molar-refractivity contribution in [2.75, 3.05) is 0 Å². The van der Waals surface area contributed by atoms with Gasteiger partial charge in [0.1, 0.15) is 5.75 Å². The zero-order valence-electron chi connectivity index (χ0n) is 4.83. The first-order chi connectivity index (χ1) is 3.42. The highest BCUT2D eigenvalue weighted by atomic mass is 32.2. The molecule has 0 aromatic heterocycles. The molecule has 49 valence electrons. The van der Waals surface area contributed by atoms with Gasteiger partial charge in [0.25, 0.3) is 10.1 Å². The minimum absolute atomic E-state index is 0.120. The fraction of sp³-hybridized carbons (Fsp3) is 0.750. The molecule has 0 aliphatic carbocycles. The van der Waals surface area contributed by atoms with Crippen molar-refractivity contribution < 1.29 is 13.0 Å². The van der Waals surface area contributed by atoms with Crippen molar-refractivity contribution in [3.63, 3.8) is 0 Å². The van der Waals surface area contributed by atoms with Gasteiger partial charge in [0.05, 0.1) is 0 Å². The van der Waals surface area contributed by atoms with E-state index in [-0.39, 0.29) is 5.92 Å². The van der Waals surface area contributed by atoms with E-state index in [0.717, 1.165) is 5.75 Å². The molecular formula is C4H9O3S. The molecule has 0 saturated heterocycles. The molecule has 0 aromatic carbocycles. The van der Waals surface area contributed by atoms with E-state index in [9.17, 15) is 8.42 Å². The lowest BCUT2D eigenvalue weighted by molar-refractivity contribution is 0.484. The Kier molecular flexibility index (Phi) is 2.43. The van der Waals surface area contributed by atoms with E-state index in [1.807, 2.05) is 0 Å². The molecule has 3 nitrogen and oxygen atoms in total. The van der Waals surface area contributed by atoms with Crippen LogP contribution < -0.4 is 0 Å². The van der Waals surface area contributed by atoms with Crippen LogP contribution in [0.1, 0.15) is 13.8 Å². The van der Waals surface area contributed by atoms with E-state index in [1.54, 1.807) is 13.8 Å². The first-order valence-corrected chi connectivity index (χ1v) is 3.74. The third-order valence-corrected chi connectivity index (χ3v) is 1.33. The highest BCUT2D eigenvalue weighted by Gasteiger charge is 2.07. The Morgan fingerprint density at radius 3 is 1.88 bits per heavy atom. The van der Waals surface area contributed by atoms with Crippen LogP contribution in [0.15, 0.2) is 0 Å². The molecule has 0 atom stereocenters. The standard InChI is InChI=1S/C4H9O3S/c1-4(2)3-8(5,6)7/h3-4H,1-2H3,(H,5,6,7). The lowest BCUT2D eigenvalue weighted by Crippen LogP contribution is -2.02. The van der Waals surface area contributed by atoms with Crippen LogP contribution in [-0.2, 0) is 10.1 Å². The molecule has 0 amide bonds. The van der Waals surface area contributed by atoms with Gasteiger partial charge in [-0.1, -0.05) is 13.8 Å². The normalized spacial score (nSPS) is 12.5. The van der Waals surface area contributed by atoms with Crippen LogP contribution in [0.5, 0.6) is 0 Å². The van der Waals surface area contributed by atoms with Crippen molar-refractivity contribution in [1.29, 1.82) is 0 Å². The summed E-state index contributed by atoms with van der Waals surface area (Å²) in [7, 11) is -3.85. The summed E-state index contributed by atoms with van der Waals surface area (Å²) in [6.07, 6.45) is 0. The summed E-state index contributed by atoms with van der Waals surface area (Å²) in [5, 5.41) is 0. The Balaban J connectivity index is 3.75. The smallest absolute Gasteiger partial charge is 0.269 e. The Hall–Kier alpha value is -0.0900. The van der Waals surface area contributed by atoms with Crippen LogP contribution in [-0.4, -0.2) is 13.0 Å². The van der Waals surface area contributed by atoms with Crippen LogP contribution in [0.25, 0.3) is 0 Å². The summed E-state index contributed by atoms with van der Waals surface area (Å²) in [6.45, 7) is 3.35. The Morgan fingerprint density at radius 1 is 1.50 bits per heavy atom. The van der Waals surface area contributed by atoms with Crippen LogP contribution in [0.2, 0.25) is 0 Å². The van der Waals surface area contributed by atoms with Crippen LogP contribution in [0.4, 0.5) is 0 Å². The molecular weight excluding hydrogens is 128 g/mol. The molecule has 0 rings (SSSR count). The van der Waals surface area contributed by atoms with Gasteiger partial charge in [-0.25, -0.2) is 0 Å². The molecule has 0 unspecified atom stereocenters. The fourth-order valence-electron chi connectivity index (χ4n) is 0.344. The zero-order valence-corrected chi connectivity index (χ0v) is 5.64. The van der Waals surface area contributed by atoms with Gasteiger partial charge in [-0.15, -0.1) is 0 Å². The molecule has 1 radical (unpaired) electrons. The van der Waals surface area contributed by atoms with Gasteiger partial charge < -0.3 is 0 Å². The third-order valence-electron chi connectivity index (χ3n) is 0.444. The van der Waals surface area contributed by atoms with Gasteiger partial charge in [-0.3, -0.25) is 4.55 Å². The van der Waals surface area contributed by atoms with Gasteiger partial charge in [0.2, 0.25) is 0 Å². The first-order valence-electron chi connectivity index (χ1n) is 2.24. The molecule has 0 aliphatic rings. The van der Waals surface area contributed by atoms with Crippen LogP contribution in [0.3, 0.4) is 0 Å². The lowest BCUT2D eigenvalue weighted by atomic mass is 10.3. The second-order valence-corrected chi connectivity index (χ2v) is 3.20. The van der Waals surface area contributed by atoms with E-state index >= 15 is 0 Å². The molecule has 1 N–H and O–H groups in total. The SMILES string of the molecule is CC(C)[CH]S(=O)(=O)O. The quantitative estimate of drug-likeness (QED) is 0.570. The van der Waals surface area contributed by atoms with Gasteiger partial charge in [0, 0.05) is 0 Å². The maximum absolute atomic E-state index is 9.94. The number of hydrogen-bond donors (Lipinski definition) is 1. The molecule has 0 saturated carbocycles. The minimum Gasteiger partial charge on any atom is -0.285 e. The van der Waals surface area contributed by atoms with Crippen molar-refractivity contribution in [3.05, 3.63) is 5.75 Å². The van der Waals surface area contributed by atoms with E-state index in [0.29, 0.717) is 0 Å². The highest BCUT2D eigenvalue weighted by Crippen LogP contribution is 2.02. The van der Waals surface area contributed by atoms with Gasteiger partial charge >= 0.3 is 0 Å². The monoisotopic (exact) mass is 137 g/mol. The average Bonchev–Trinajstić information content (AvgIpc) is 1.21. The Bertz CT molecular complexity index is 145. The lowest BCUT2D eigenvalue weighted by Gasteiger charge is -1.96. The summed E-state index contributed by atoms with van der Waals surface area (Å²) >= 11 is 0. The van der Waals surface area contributed by atoms with E-state index < -0.39 is 10.1 Å². The average molecular weight is 137 g/mol. The summed E-state index contributed by atoms with van der Waals surface area (Å²) in [6, 6.07) is 0. The minimum atomic E-state index is -3.85. The largest absolute Gasteiger partial charge is 0.285 e. The predicted molar refractivity (Wildman–Crippen MR) is 30.7 cm³/mol. The van der Waals surface area contributed by atoms with Crippen molar-refractivity contribution in [3.8, 4) is 0 Å². The first kappa shape index (κ1) is 7.91. The van der Waals surface area contributed by atoms with Crippen molar-refractivity contribution in [2.45, 2.75) is 13.8 Å². The maximum Gasteiger partial charge on any atom is 0.269 e. The summed E-state index contributed by atoms with van der Waals surface area (Å²) in [5.74, 6) is 0.762. The van der Waals surface area contributed by atoms with Gasteiger partial charge in [-0.2, -0.15) is 8.42 Å². The van der Waals surface area contributed by atoms with E-state index in [4.69, 9.17) is 4.55 Å². The van der Waals surface area contributed by atoms with Gasteiger partial charge in [-0.05, 0) is 5.92 Å². The number of hydrogen-bond acceptors (Lipinski definition) is 2. The molecule has 0 heterocycles. The molecule has 4 heteroatoms. The van der Waals surface area contributed by atoms with Crippen molar-refractivity contribution >= 4 is 10.1 Å². The van der Waals surface area contributed by atoms with E-state index in [1.165, 1.54) is 0 Å². The molecule has 0 aliphatic heterocycles. The van der Waals surface area contributed by atoms with Crippen LogP contribution in [0, 0.1) is 11.7 Å². The molecule has 8 heavy (non-hydrogen) atoms. The maximum atomic E-state index is 9.94. The fourth-order valence-corrected chi connectivity index (χ4v) is 1.03. The van der Waals surface area contributed by atoms with Crippen molar-refractivity contribution in [2.24, 2.45) is 5.92 Å². The topological polar surface area (TPSA) is 54.4 Å². The summed E-state index contributed by atoms with van der Waals surface area (Å²) < 4.78 is 28.0. The zero-order chi connectivity index (χ0) is 6.78. The van der Waals surface area contributed by atoms with Crippen molar-refractivity contribution in [1.82, 2.24) is 0 Å². The molecule has 0 aromatic rings. The molecule has 0 fully saturated rings. The summed E-state index contributed by atoms with van der Waals surface area (Å²) in [5.41, 5.74) is 0. The second-order valence-electron chi connectivity index (χ2n) is 1.90. The third kappa shape index (κ3) is 5.91. The summed E-state index contributed by atoms with van der Waals surface area (Å²) in [4.78, 5) is 0. The molecule has 0 spiro atoms. The molecule has 0 bridgehead atoms.